The zero-order valence-corrected chi connectivity index (χ0v) is 6.92. The van der Waals surface area contributed by atoms with Gasteiger partial charge in [-0.05, 0) is 6.42 Å². The molecule has 0 radical (unpaired) electrons. The lowest BCUT2D eigenvalue weighted by molar-refractivity contribution is -0.129. The number of allylic oxidation sites excluding steroid dienone is 2. The molecule has 0 aliphatic rings. The van der Waals surface area contributed by atoms with Gasteiger partial charge in [-0.1, -0.05) is 19.6 Å². The summed E-state index contributed by atoms with van der Waals surface area (Å²) in [6.07, 6.45) is -3.03. The third-order valence-electron chi connectivity index (χ3n) is 0.681. The van der Waals surface area contributed by atoms with E-state index in [0.717, 1.165) is 6.42 Å². The fourth-order valence-electron chi connectivity index (χ4n) is 0.217. The Bertz CT molecular complexity index is 134. The van der Waals surface area contributed by atoms with E-state index in [0.29, 0.717) is 0 Å². The summed E-state index contributed by atoms with van der Waals surface area (Å²) in [5.74, 6) is -1.35. The van der Waals surface area contributed by atoms with Gasteiger partial charge in [0.2, 0.25) is 0 Å². The summed E-state index contributed by atoms with van der Waals surface area (Å²) in [6, 6.07) is 0. The average molecular weight is 184 g/mol. The van der Waals surface area contributed by atoms with Gasteiger partial charge in [0.15, 0.2) is 0 Å². The Balaban J connectivity index is 0. The molecule has 0 heterocycles. The average Bonchev–Trinajstić information content (AvgIpc) is 1.83. The van der Waals surface area contributed by atoms with E-state index in [9.17, 15) is 17.6 Å². The van der Waals surface area contributed by atoms with Gasteiger partial charge in [0.25, 0.3) is 0 Å². The second kappa shape index (κ2) is 6.88. The minimum atomic E-state index is -4.45. The monoisotopic (exact) mass is 184 g/mol. The van der Waals surface area contributed by atoms with Crippen LogP contribution in [0.5, 0.6) is 0 Å². The number of halogens is 4. The quantitative estimate of drug-likeness (QED) is 0.449. The first-order valence-corrected chi connectivity index (χ1v) is 3.34. The number of hydrogen-bond donors (Lipinski definition) is 0. The lowest BCUT2D eigenvalue weighted by atomic mass is 10.4. The molecular formula is C8H12F4. The minimum absolute atomic E-state index is 1.08. The predicted octanol–water partition coefficient (Wildman–Crippen LogP) is 4.00. The Labute approximate surface area is 69.6 Å². The summed E-state index contributed by atoms with van der Waals surface area (Å²) in [5, 5.41) is 0. The van der Waals surface area contributed by atoms with Crippen molar-refractivity contribution in [3.05, 3.63) is 25.1 Å². The smallest absolute Gasteiger partial charge is 0.212 e. The second-order valence-electron chi connectivity index (χ2n) is 2.01. The molecule has 0 nitrogen and oxygen atoms in total. The molecule has 0 aromatic heterocycles. The molecule has 0 aromatic rings. The molecule has 0 saturated carbocycles. The Hall–Kier alpha value is -0.800. The van der Waals surface area contributed by atoms with Crippen LogP contribution in [-0.4, -0.2) is 6.18 Å². The largest absolute Gasteiger partial charge is 0.395 e. The van der Waals surface area contributed by atoms with E-state index in [1.807, 2.05) is 6.08 Å². The fraction of sp³-hybridized carbons (Fsp3) is 0.500. The van der Waals surface area contributed by atoms with Crippen molar-refractivity contribution >= 4 is 0 Å². The summed E-state index contributed by atoms with van der Waals surface area (Å²) in [5.41, 5.74) is 0. The van der Waals surface area contributed by atoms with Crippen LogP contribution in [0.25, 0.3) is 0 Å². The van der Waals surface area contributed by atoms with Crippen LogP contribution in [0.4, 0.5) is 17.6 Å². The van der Waals surface area contributed by atoms with E-state index >= 15 is 0 Å². The maximum Gasteiger partial charge on any atom is 0.395 e. The van der Waals surface area contributed by atoms with Crippen molar-refractivity contribution in [3.63, 3.8) is 0 Å². The Morgan fingerprint density at radius 3 is 1.75 bits per heavy atom. The van der Waals surface area contributed by atoms with Crippen molar-refractivity contribution in [1.82, 2.24) is 0 Å². The van der Waals surface area contributed by atoms with Crippen molar-refractivity contribution in [2.75, 3.05) is 0 Å². The van der Waals surface area contributed by atoms with Crippen molar-refractivity contribution < 1.29 is 17.6 Å². The Kier molecular flexibility index (Phi) is 7.90. The van der Waals surface area contributed by atoms with Gasteiger partial charge in [-0.15, -0.1) is 6.58 Å². The van der Waals surface area contributed by atoms with Gasteiger partial charge in [-0.3, -0.25) is 0 Å². The summed E-state index contributed by atoms with van der Waals surface area (Å²) >= 11 is 0. The highest BCUT2D eigenvalue weighted by molar-refractivity contribution is 4.82. The zero-order chi connectivity index (χ0) is 10.2. The van der Waals surface area contributed by atoms with Gasteiger partial charge in [0, 0.05) is 0 Å². The van der Waals surface area contributed by atoms with Crippen molar-refractivity contribution in [2.45, 2.75) is 25.9 Å². The molecule has 0 aliphatic carbocycles. The highest BCUT2D eigenvalue weighted by Gasteiger charge is 2.28. The maximum atomic E-state index is 11.3. The molecule has 0 aliphatic heterocycles. The number of hydrogen-bond acceptors (Lipinski definition) is 0. The molecule has 0 fully saturated rings. The van der Waals surface area contributed by atoms with Gasteiger partial charge in [0.05, 0.1) is 6.42 Å². The van der Waals surface area contributed by atoms with E-state index in [1.54, 1.807) is 0 Å². The van der Waals surface area contributed by atoms with Crippen LogP contribution in [0.15, 0.2) is 25.1 Å². The van der Waals surface area contributed by atoms with Crippen LogP contribution in [0, 0.1) is 0 Å². The van der Waals surface area contributed by atoms with Crippen molar-refractivity contribution in [2.24, 2.45) is 0 Å². The molecule has 0 bridgehead atoms. The standard InChI is InChI=1S/C4H4F4.C4H8/c1-3(5)2-4(6,7)8;1-3-4-2/h1-2H2;3H,1,4H2,2H3. The fourth-order valence-corrected chi connectivity index (χ4v) is 0.217. The first-order valence-electron chi connectivity index (χ1n) is 3.34. The molecule has 0 aromatic carbocycles. The molecule has 0 unspecified atom stereocenters. The van der Waals surface area contributed by atoms with Gasteiger partial charge in [-0.2, -0.15) is 13.2 Å². The summed E-state index contributed by atoms with van der Waals surface area (Å²) in [6.45, 7) is 8.00. The first-order chi connectivity index (χ1) is 5.33. The molecule has 0 atom stereocenters. The maximum absolute atomic E-state index is 11.3. The lowest BCUT2D eigenvalue weighted by Gasteiger charge is -2.00. The molecule has 0 N–H and O–H groups in total. The predicted molar refractivity (Wildman–Crippen MR) is 41.4 cm³/mol. The third-order valence-corrected chi connectivity index (χ3v) is 0.681. The van der Waals surface area contributed by atoms with Crippen LogP contribution in [0.3, 0.4) is 0 Å². The minimum Gasteiger partial charge on any atom is -0.212 e. The molecule has 12 heavy (non-hydrogen) atoms. The lowest BCUT2D eigenvalue weighted by Crippen LogP contribution is -2.05. The SMILES string of the molecule is C=C(F)CC(F)(F)F.C=CCC. The number of rotatable bonds is 2. The van der Waals surface area contributed by atoms with Crippen LogP contribution in [-0.2, 0) is 0 Å². The van der Waals surface area contributed by atoms with Crippen molar-refractivity contribution in [1.29, 1.82) is 0 Å². The van der Waals surface area contributed by atoms with E-state index in [-0.39, 0.29) is 0 Å². The van der Waals surface area contributed by atoms with Crippen molar-refractivity contribution in [3.8, 4) is 0 Å². The van der Waals surface area contributed by atoms with Crippen LogP contribution in [0.1, 0.15) is 19.8 Å². The molecule has 72 valence electrons. The first kappa shape index (κ1) is 13.8. The number of alkyl halides is 3. The van der Waals surface area contributed by atoms with Gasteiger partial charge >= 0.3 is 6.18 Å². The van der Waals surface area contributed by atoms with E-state index in [2.05, 4.69) is 20.1 Å². The highest BCUT2D eigenvalue weighted by atomic mass is 19.4. The molecule has 0 rings (SSSR count). The second-order valence-corrected chi connectivity index (χ2v) is 2.01. The summed E-state index contributed by atoms with van der Waals surface area (Å²) in [7, 11) is 0. The molecule has 0 saturated heterocycles. The van der Waals surface area contributed by atoms with Crippen LogP contribution < -0.4 is 0 Å². The zero-order valence-electron chi connectivity index (χ0n) is 6.92. The van der Waals surface area contributed by atoms with E-state index < -0.39 is 18.4 Å². The Morgan fingerprint density at radius 1 is 1.42 bits per heavy atom. The van der Waals surface area contributed by atoms with Crippen LogP contribution in [0.2, 0.25) is 0 Å². The van der Waals surface area contributed by atoms with Gasteiger partial charge in [0.1, 0.15) is 5.83 Å². The molecule has 0 spiro atoms. The molecular weight excluding hydrogens is 172 g/mol. The van der Waals surface area contributed by atoms with Crippen LogP contribution >= 0.6 is 0 Å². The van der Waals surface area contributed by atoms with E-state index in [1.165, 1.54) is 0 Å². The normalized spacial score (nSPS) is 9.75. The molecule has 4 heteroatoms. The van der Waals surface area contributed by atoms with E-state index in [4.69, 9.17) is 0 Å². The van der Waals surface area contributed by atoms with Gasteiger partial charge < -0.3 is 0 Å². The highest BCUT2D eigenvalue weighted by Crippen LogP contribution is 2.23. The van der Waals surface area contributed by atoms with Gasteiger partial charge in [-0.25, -0.2) is 4.39 Å². The summed E-state index contributed by atoms with van der Waals surface area (Å²) in [4.78, 5) is 0. The Morgan fingerprint density at radius 2 is 1.75 bits per heavy atom. The third kappa shape index (κ3) is 22.9. The molecule has 0 amide bonds. The summed E-state index contributed by atoms with van der Waals surface area (Å²) < 4.78 is 44.3. The topological polar surface area (TPSA) is 0 Å².